The number of benzene rings is 1. The molecule has 0 aliphatic heterocycles. The van der Waals surface area contributed by atoms with Crippen molar-refractivity contribution in [1.82, 2.24) is 9.78 Å². The van der Waals surface area contributed by atoms with E-state index < -0.39 is 0 Å². The molecule has 1 N–H and O–H groups in total. The van der Waals surface area contributed by atoms with Crippen LogP contribution in [0.5, 0.6) is 0 Å². The monoisotopic (exact) mass is 267 g/mol. The van der Waals surface area contributed by atoms with Gasteiger partial charge in [0.15, 0.2) is 0 Å². The van der Waals surface area contributed by atoms with Crippen LogP contribution in [0.25, 0.3) is 5.69 Å². The summed E-state index contributed by atoms with van der Waals surface area (Å²) in [5.41, 5.74) is 0.869. The molecular formula is C11H7Cl2N3O. The number of rotatable bonds is 1. The highest BCUT2D eigenvalue weighted by molar-refractivity contribution is 6.42. The topological polar surface area (TPSA) is 61.6 Å². The van der Waals surface area contributed by atoms with Gasteiger partial charge < -0.3 is 0 Å². The van der Waals surface area contributed by atoms with Gasteiger partial charge in [-0.25, -0.2) is 4.68 Å². The number of aromatic amines is 1. The average molecular weight is 268 g/mol. The van der Waals surface area contributed by atoms with Crippen LogP contribution in [0.1, 0.15) is 11.3 Å². The maximum absolute atomic E-state index is 11.8. The SMILES string of the molecule is Cc1c(C#N)[nH]n(-c2ccc(Cl)c(Cl)c2)c1=O. The number of halogens is 2. The maximum atomic E-state index is 11.8. The summed E-state index contributed by atoms with van der Waals surface area (Å²) in [4.78, 5) is 11.8. The van der Waals surface area contributed by atoms with Gasteiger partial charge in [-0.2, -0.15) is 5.26 Å². The third-order valence-corrected chi connectivity index (χ3v) is 3.13. The van der Waals surface area contributed by atoms with Crippen LogP contribution in [-0.4, -0.2) is 9.78 Å². The number of aromatic nitrogens is 2. The molecule has 0 aliphatic rings. The lowest BCUT2D eigenvalue weighted by Gasteiger charge is -2.02. The van der Waals surface area contributed by atoms with Crippen molar-refractivity contribution in [3.63, 3.8) is 0 Å². The molecule has 0 atom stereocenters. The van der Waals surface area contributed by atoms with Gasteiger partial charge in [-0.3, -0.25) is 9.89 Å². The number of hydrogen-bond donors (Lipinski definition) is 1. The van der Waals surface area contributed by atoms with Crippen molar-refractivity contribution >= 4 is 23.2 Å². The van der Waals surface area contributed by atoms with Crippen LogP contribution in [0.4, 0.5) is 0 Å². The minimum atomic E-state index is -0.278. The summed E-state index contributed by atoms with van der Waals surface area (Å²) < 4.78 is 1.26. The van der Waals surface area contributed by atoms with Gasteiger partial charge in [0.25, 0.3) is 5.56 Å². The van der Waals surface area contributed by atoms with Crippen LogP contribution in [0.15, 0.2) is 23.0 Å². The van der Waals surface area contributed by atoms with E-state index in [1.807, 2.05) is 6.07 Å². The number of nitriles is 1. The van der Waals surface area contributed by atoms with E-state index in [4.69, 9.17) is 28.5 Å². The third-order valence-electron chi connectivity index (χ3n) is 2.40. The lowest BCUT2D eigenvalue weighted by molar-refractivity contribution is 0.843. The minimum Gasteiger partial charge on any atom is -0.280 e. The second-order valence-electron chi connectivity index (χ2n) is 3.46. The molecule has 0 bridgehead atoms. The predicted molar refractivity (Wildman–Crippen MR) is 65.9 cm³/mol. The Morgan fingerprint density at radius 3 is 2.59 bits per heavy atom. The van der Waals surface area contributed by atoms with Crippen LogP contribution in [0.2, 0.25) is 10.0 Å². The van der Waals surface area contributed by atoms with Gasteiger partial charge in [0.2, 0.25) is 0 Å². The van der Waals surface area contributed by atoms with Crippen molar-refractivity contribution in [1.29, 1.82) is 5.26 Å². The molecule has 6 heteroatoms. The molecule has 0 unspecified atom stereocenters. The molecule has 4 nitrogen and oxygen atoms in total. The van der Waals surface area contributed by atoms with Crippen molar-refractivity contribution in [3.8, 4) is 11.8 Å². The lowest BCUT2D eigenvalue weighted by Crippen LogP contribution is -2.15. The molecule has 2 aromatic rings. The smallest absolute Gasteiger partial charge is 0.275 e. The Labute approximate surface area is 107 Å². The Morgan fingerprint density at radius 1 is 1.35 bits per heavy atom. The molecule has 2 rings (SSSR count). The van der Waals surface area contributed by atoms with E-state index in [9.17, 15) is 4.79 Å². The van der Waals surface area contributed by atoms with E-state index in [2.05, 4.69) is 5.10 Å². The first-order chi connectivity index (χ1) is 8.04. The zero-order chi connectivity index (χ0) is 12.6. The van der Waals surface area contributed by atoms with Crippen molar-refractivity contribution < 1.29 is 0 Å². The quantitative estimate of drug-likeness (QED) is 0.864. The first-order valence-electron chi connectivity index (χ1n) is 4.71. The van der Waals surface area contributed by atoms with Crippen molar-refractivity contribution in [2.45, 2.75) is 6.92 Å². The fourth-order valence-corrected chi connectivity index (χ4v) is 1.73. The molecule has 0 amide bonds. The number of nitrogens with zero attached hydrogens (tertiary/aromatic N) is 2. The van der Waals surface area contributed by atoms with E-state index in [0.717, 1.165) is 0 Å². The summed E-state index contributed by atoms with van der Waals surface area (Å²) in [5, 5.41) is 12.3. The molecule has 1 aromatic carbocycles. The van der Waals surface area contributed by atoms with Gasteiger partial charge in [0.05, 0.1) is 21.3 Å². The van der Waals surface area contributed by atoms with Crippen molar-refractivity contribution in [2.24, 2.45) is 0 Å². The summed E-state index contributed by atoms with van der Waals surface area (Å²) in [6.07, 6.45) is 0. The second kappa shape index (κ2) is 4.28. The Hall–Kier alpha value is -1.70. The summed E-state index contributed by atoms with van der Waals surface area (Å²) in [7, 11) is 0. The van der Waals surface area contributed by atoms with Crippen molar-refractivity contribution in [3.05, 3.63) is 49.9 Å². The fourth-order valence-electron chi connectivity index (χ4n) is 1.44. The van der Waals surface area contributed by atoms with Gasteiger partial charge in [-0.15, -0.1) is 0 Å². The number of H-pyrrole nitrogens is 1. The van der Waals surface area contributed by atoms with E-state index in [-0.39, 0.29) is 11.3 Å². The molecule has 1 aromatic heterocycles. The first kappa shape index (κ1) is 11.8. The largest absolute Gasteiger partial charge is 0.280 e. The van der Waals surface area contributed by atoms with E-state index in [1.165, 1.54) is 4.68 Å². The fraction of sp³-hybridized carbons (Fsp3) is 0.0909. The summed E-state index contributed by atoms with van der Waals surface area (Å²) in [5.74, 6) is 0. The average Bonchev–Trinajstić information content (AvgIpc) is 2.60. The van der Waals surface area contributed by atoms with Gasteiger partial charge in [-0.1, -0.05) is 23.2 Å². The Kier molecular flexibility index (Phi) is 2.97. The highest BCUT2D eigenvalue weighted by Crippen LogP contribution is 2.23. The summed E-state index contributed by atoms with van der Waals surface area (Å²) >= 11 is 11.7. The lowest BCUT2D eigenvalue weighted by atomic mass is 10.3. The molecule has 0 spiro atoms. The summed E-state index contributed by atoms with van der Waals surface area (Å²) in [6, 6.07) is 6.71. The zero-order valence-electron chi connectivity index (χ0n) is 8.79. The van der Waals surface area contributed by atoms with Gasteiger partial charge in [0.1, 0.15) is 11.8 Å². The molecule has 0 saturated heterocycles. The predicted octanol–water partition coefficient (Wildman–Crippen LogP) is 2.65. The van der Waals surface area contributed by atoms with Crippen molar-refractivity contribution in [2.75, 3.05) is 0 Å². The van der Waals surface area contributed by atoms with Crippen LogP contribution in [0, 0.1) is 18.3 Å². The Balaban J connectivity index is 2.66. The van der Waals surface area contributed by atoms with Crippen LogP contribution < -0.4 is 5.56 Å². The number of nitrogens with one attached hydrogen (secondary N) is 1. The highest BCUT2D eigenvalue weighted by Gasteiger charge is 2.11. The van der Waals surface area contributed by atoms with E-state index >= 15 is 0 Å². The molecule has 0 fully saturated rings. The Bertz CT molecular complexity index is 679. The molecular weight excluding hydrogens is 261 g/mol. The van der Waals surface area contributed by atoms with Gasteiger partial charge >= 0.3 is 0 Å². The Morgan fingerprint density at radius 2 is 2.06 bits per heavy atom. The molecule has 86 valence electrons. The third kappa shape index (κ3) is 1.95. The second-order valence-corrected chi connectivity index (χ2v) is 4.28. The molecule has 0 aliphatic carbocycles. The zero-order valence-corrected chi connectivity index (χ0v) is 10.3. The van der Waals surface area contributed by atoms with E-state index in [1.54, 1.807) is 25.1 Å². The molecule has 17 heavy (non-hydrogen) atoms. The van der Waals surface area contributed by atoms with Gasteiger partial charge in [-0.05, 0) is 25.1 Å². The van der Waals surface area contributed by atoms with E-state index in [0.29, 0.717) is 21.3 Å². The van der Waals surface area contributed by atoms with Crippen LogP contribution >= 0.6 is 23.2 Å². The van der Waals surface area contributed by atoms with Crippen LogP contribution in [-0.2, 0) is 0 Å². The first-order valence-corrected chi connectivity index (χ1v) is 5.47. The summed E-state index contributed by atoms with van der Waals surface area (Å²) in [6.45, 7) is 1.59. The molecule has 0 radical (unpaired) electrons. The normalized spacial score (nSPS) is 10.2. The van der Waals surface area contributed by atoms with Gasteiger partial charge in [0, 0.05) is 0 Å². The highest BCUT2D eigenvalue weighted by atomic mass is 35.5. The number of hydrogen-bond acceptors (Lipinski definition) is 2. The molecule has 0 saturated carbocycles. The maximum Gasteiger partial charge on any atom is 0.275 e. The molecule has 1 heterocycles. The standard InChI is InChI=1S/C11H7Cl2N3O/c1-6-10(5-14)15-16(11(6)17)7-2-3-8(12)9(13)4-7/h2-4,15H,1H3. The minimum absolute atomic E-state index is 0.237. The van der Waals surface area contributed by atoms with Crippen LogP contribution in [0.3, 0.4) is 0 Å².